The van der Waals surface area contributed by atoms with Gasteiger partial charge in [0.1, 0.15) is 5.69 Å². The molecule has 1 unspecified atom stereocenters. The number of hydrogen-bond acceptors (Lipinski definition) is 3. The quantitative estimate of drug-likeness (QED) is 0.615. The minimum atomic E-state index is -1.14. The van der Waals surface area contributed by atoms with Crippen LogP contribution in [0.15, 0.2) is 12.3 Å². The number of aromatic carboxylic acids is 1. The van der Waals surface area contributed by atoms with Crippen molar-refractivity contribution >= 4 is 11.7 Å². The van der Waals surface area contributed by atoms with Gasteiger partial charge in [0.2, 0.25) is 0 Å². The van der Waals surface area contributed by atoms with Crippen LogP contribution >= 0.6 is 0 Å². The number of carbonyl (C=O) groups is 1. The summed E-state index contributed by atoms with van der Waals surface area (Å²) in [6.45, 7) is 4.44. The number of nitrogens with zero attached hydrogens (tertiary/aromatic N) is 2. The highest BCUT2D eigenvalue weighted by molar-refractivity contribution is 5.86. The molecule has 0 bridgehead atoms. The molecule has 0 fully saturated rings. The van der Waals surface area contributed by atoms with Crippen LogP contribution in [0, 0.1) is 16.0 Å². The maximum atomic E-state index is 10.9. The molecule has 1 atom stereocenters. The maximum absolute atomic E-state index is 10.9. The first-order valence-corrected chi connectivity index (χ1v) is 5.03. The largest absolute Gasteiger partial charge is 0.477 e. The van der Waals surface area contributed by atoms with Gasteiger partial charge in [0, 0.05) is 12.6 Å². The molecule has 0 aliphatic rings. The number of nitro groups is 1. The second-order valence-corrected chi connectivity index (χ2v) is 3.81. The summed E-state index contributed by atoms with van der Waals surface area (Å²) in [7, 11) is 0. The van der Waals surface area contributed by atoms with Crippen LogP contribution in [0.1, 0.15) is 30.8 Å². The third-order valence-electron chi connectivity index (χ3n) is 2.52. The van der Waals surface area contributed by atoms with E-state index in [2.05, 4.69) is 0 Å². The molecule has 0 aliphatic heterocycles. The number of rotatable bonds is 5. The number of carboxylic acids is 1. The summed E-state index contributed by atoms with van der Waals surface area (Å²) in [6.07, 6.45) is 2.17. The molecule has 0 radical (unpaired) electrons. The van der Waals surface area contributed by atoms with Crippen LogP contribution in [0.3, 0.4) is 0 Å². The van der Waals surface area contributed by atoms with Crippen LogP contribution < -0.4 is 0 Å². The molecule has 1 rings (SSSR count). The number of carboxylic acid groups (broad SMARTS) is 1. The van der Waals surface area contributed by atoms with Crippen LogP contribution in [-0.4, -0.2) is 20.6 Å². The zero-order valence-electron chi connectivity index (χ0n) is 9.21. The fourth-order valence-electron chi connectivity index (χ4n) is 1.39. The van der Waals surface area contributed by atoms with Gasteiger partial charge in [-0.2, -0.15) is 0 Å². The Balaban J connectivity index is 3.05. The fourth-order valence-corrected chi connectivity index (χ4v) is 1.39. The molecule has 0 spiro atoms. The molecule has 0 aromatic carbocycles. The second kappa shape index (κ2) is 4.78. The van der Waals surface area contributed by atoms with E-state index in [1.165, 1.54) is 10.8 Å². The molecule has 0 saturated carbocycles. The van der Waals surface area contributed by atoms with Gasteiger partial charge in [0.25, 0.3) is 5.69 Å². The van der Waals surface area contributed by atoms with E-state index in [9.17, 15) is 14.9 Å². The predicted octanol–water partition coefficient (Wildman–Crippen LogP) is 2.14. The van der Waals surface area contributed by atoms with Crippen LogP contribution in [0.4, 0.5) is 5.69 Å². The average molecular weight is 226 g/mol. The van der Waals surface area contributed by atoms with Gasteiger partial charge in [-0.1, -0.05) is 20.3 Å². The van der Waals surface area contributed by atoms with Crippen molar-refractivity contribution in [3.05, 3.63) is 28.1 Å². The Morgan fingerprint density at radius 2 is 2.31 bits per heavy atom. The molecule has 0 aliphatic carbocycles. The summed E-state index contributed by atoms with van der Waals surface area (Å²) in [5.74, 6) is -0.860. The van der Waals surface area contributed by atoms with E-state index < -0.39 is 10.9 Å². The summed E-state index contributed by atoms with van der Waals surface area (Å²) in [4.78, 5) is 20.8. The van der Waals surface area contributed by atoms with Crippen molar-refractivity contribution in [1.29, 1.82) is 0 Å². The third-order valence-corrected chi connectivity index (χ3v) is 2.52. The van der Waals surface area contributed by atoms with Crippen LogP contribution in [0.2, 0.25) is 0 Å². The van der Waals surface area contributed by atoms with E-state index >= 15 is 0 Å². The Morgan fingerprint density at radius 1 is 1.69 bits per heavy atom. The van der Waals surface area contributed by atoms with E-state index in [1.807, 2.05) is 13.8 Å². The lowest BCUT2D eigenvalue weighted by Gasteiger charge is -2.10. The second-order valence-electron chi connectivity index (χ2n) is 3.81. The monoisotopic (exact) mass is 226 g/mol. The molecule has 88 valence electrons. The van der Waals surface area contributed by atoms with Crippen molar-refractivity contribution in [3.8, 4) is 0 Å². The Morgan fingerprint density at radius 3 is 2.75 bits per heavy atom. The Kier molecular flexibility index (Phi) is 3.65. The van der Waals surface area contributed by atoms with Crippen molar-refractivity contribution in [1.82, 2.24) is 4.57 Å². The van der Waals surface area contributed by atoms with E-state index in [1.54, 1.807) is 0 Å². The lowest BCUT2D eigenvalue weighted by Crippen LogP contribution is -2.12. The van der Waals surface area contributed by atoms with Gasteiger partial charge in [-0.05, 0) is 5.92 Å². The number of aromatic nitrogens is 1. The van der Waals surface area contributed by atoms with Crippen LogP contribution in [-0.2, 0) is 6.54 Å². The van der Waals surface area contributed by atoms with Gasteiger partial charge in [-0.25, -0.2) is 4.79 Å². The third kappa shape index (κ3) is 2.59. The van der Waals surface area contributed by atoms with Crippen molar-refractivity contribution in [2.75, 3.05) is 0 Å². The molecule has 1 aromatic rings. The smallest absolute Gasteiger partial charge is 0.352 e. The molecule has 0 saturated heterocycles. The predicted molar refractivity (Wildman–Crippen MR) is 57.5 cm³/mol. The number of hydrogen-bond donors (Lipinski definition) is 1. The zero-order chi connectivity index (χ0) is 12.3. The van der Waals surface area contributed by atoms with E-state index in [0.717, 1.165) is 12.5 Å². The van der Waals surface area contributed by atoms with Crippen molar-refractivity contribution < 1.29 is 14.8 Å². The summed E-state index contributed by atoms with van der Waals surface area (Å²) in [6, 6.07) is 1.09. The van der Waals surface area contributed by atoms with Crippen LogP contribution in [0.25, 0.3) is 0 Å². The molecule has 0 amide bonds. The molecule has 16 heavy (non-hydrogen) atoms. The lowest BCUT2D eigenvalue weighted by atomic mass is 10.1. The highest BCUT2D eigenvalue weighted by Crippen LogP contribution is 2.18. The van der Waals surface area contributed by atoms with E-state index in [-0.39, 0.29) is 17.3 Å². The highest BCUT2D eigenvalue weighted by Gasteiger charge is 2.19. The molecule has 1 heterocycles. The van der Waals surface area contributed by atoms with Crippen LogP contribution in [0.5, 0.6) is 0 Å². The zero-order valence-corrected chi connectivity index (χ0v) is 9.21. The van der Waals surface area contributed by atoms with Gasteiger partial charge in [0.05, 0.1) is 11.1 Å². The normalized spacial score (nSPS) is 12.4. The van der Waals surface area contributed by atoms with Gasteiger partial charge >= 0.3 is 5.97 Å². The Bertz CT molecular complexity index is 411. The van der Waals surface area contributed by atoms with E-state index in [4.69, 9.17) is 5.11 Å². The minimum absolute atomic E-state index is 0.0352. The Labute approximate surface area is 92.6 Å². The first-order chi connectivity index (χ1) is 7.45. The van der Waals surface area contributed by atoms with Crippen molar-refractivity contribution in [2.24, 2.45) is 5.92 Å². The van der Waals surface area contributed by atoms with Crippen molar-refractivity contribution in [3.63, 3.8) is 0 Å². The summed E-state index contributed by atoms with van der Waals surface area (Å²) >= 11 is 0. The summed E-state index contributed by atoms with van der Waals surface area (Å²) in [5.41, 5.74) is -0.215. The molecule has 6 heteroatoms. The molecular formula is C10H14N2O4. The highest BCUT2D eigenvalue weighted by atomic mass is 16.6. The lowest BCUT2D eigenvalue weighted by molar-refractivity contribution is -0.384. The summed E-state index contributed by atoms with van der Waals surface area (Å²) in [5, 5.41) is 19.4. The molecule has 1 N–H and O–H groups in total. The molecule has 1 aromatic heterocycles. The first-order valence-electron chi connectivity index (χ1n) is 5.03. The minimum Gasteiger partial charge on any atom is -0.477 e. The van der Waals surface area contributed by atoms with Gasteiger partial charge < -0.3 is 9.67 Å². The SMILES string of the molecule is CCC(C)Cn1cc([N+](=O)[O-])cc1C(=O)O. The van der Waals surface area contributed by atoms with Gasteiger partial charge in [-0.15, -0.1) is 0 Å². The van der Waals surface area contributed by atoms with Crippen molar-refractivity contribution in [2.45, 2.75) is 26.8 Å². The van der Waals surface area contributed by atoms with Gasteiger partial charge in [0.15, 0.2) is 0 Å². The average Bonchev–Trinajstić information content (AvgIpc) is 2.61. The topological polar surface area (TPSA) is 85.4 Å². The molecular weight excluding hydrogens is 212 g/mol. The fraction of sp³-hybridized carbons (Fsp3) is 0.500. The van der Waals surface area contributed by atoms with E-state index in [0.29, 0.717) is 6.54 Å². The molecule has 6 nitrogen and oxygen atoms in total. The van der Waals surface area contributed by atoms with Gasteiger partial charge in [-0.3, -0.25) is 10.1 Å². The first kappa shape index (κ1) is 12.2. The Hall–Kier alpha value is -1.85. The summed E-state index contributed by atoms with van der Waals surface area (Å²) < 4.78 is 1.43. The maximum Gasteiger partial charge on any atom is 0.352 e. The standard InChI is InChI=1S/C10H14N2O4/c1-3-7(2)5-11-6-8(12(15)16)4-9(11)10(13)14/h4,6-7H,3,5H2,1-2H3,(H,13,14).